The van der Waals surface area contributed by atoms with Crippen molar-refractivity contribution in [1.82, 2.24) is 0 Å². The highest BCUT2D eigenvalue weighted by Crippen LogP contribution is 2.45. The molecule has 2 aliphatic rings. The summed E-state index contributed by atoms with van der Waals surface area (Å²) in [5.74, 6) is 0.229. The average Bonchev–Trinajstić information content (AvgIpc) is 2.69. The third-order valence-corrected chi connectivity index (χ3v) is 5.26. The van der Waals surface area contributed by atoms with Crippen molar-refractivity contribution in [3.8, 4) is 0 Å². The molecule has 1 aliphatic carbocycles. The number of allylic oxidation sites excluding steroid dienone is 5. The van der Waals surface area contributed by atoms with E-state index >= 15 is 0 Å². The van der Waals surface area contributed by atoms with Crippen molar-refractivity contribution in [2.45, 2.75) is 64.8 Å². The Hall–Kier alpha value is -1.01. The number of hydrogen-bond acceptors (Lipinski definition) is 2. The molecule has 1 unspecified atom stereocenters. The lowest BCUT2D eigenvalue weighted by molar-refractivity contribution is -0.0940. The van der Waals surface area contributed by atoms with Gasteiger partial charge < -0.3 is 9.31 Å². The molecule has 0 N–H and O–H groups in total. The van der Waals surface area contributed by atoms with Crippen LogP contribution in [0, 0.1) is 5.92 Å². The Balaban J connectivity index is 2.18. The van der Waals surface area contributed by atoms with Crippen LogP contribution in [0.3, 0.4) is 0 Å². The van der Waals surface area contributed by atoms with Crippen LogP contribution in [0.2, 0.25) is 0 Å². The maximum absolute atomic E-state index is 12.7. The molecule has 0 aromatic rings. The van der Waals surface area contributed by atoms with Crippen LogP contribution in [0.25, 0.3) is 0 Å². The number of alkyl halides is 3. The van der Waals surface area contributed by atoms with E-state index in [0.717, 1.165) is 11.6 Å². The Kier molecular flexibility index (Phi) is 4.64. The van der Waals surface area contributed by atoms with Crippen molar-refractivity contribution in [2.75, 3.05) is 0 Å². The van der Waals surface area contributed by atoms with Crippen molar-refractivity contribution in [1.29, 1.82) is 0 Å². The van der Waals surface area contributed by atoms with E-state index in [2.05, 4.69) is 20.4 Å². The SMILES string of the molecule is C=C(B1OC(C)(C)C(C)(C(C)C)O1)C1=CC=C(C(F)(F)F)CC1. The summed E-state index contributed by atoms with van der Waals surface area (Å²) in [4.78, 5) is 0. The monoisotopic (exact) mass is 328 g/mol. The van der Waals surface area contributed by atoms with Crippen molar-refractivity contribution in [2.24, 2.45) is 5.92 Å². The molecule has 0 bridgehead atoms. The summed E-state index contributed by atoms with van der Waals surface area (Å²) in [6.45, 7) is 14.1. The maximum atomic E-state index is 12.7. The minimum absolute atomic E-state index is 0.0358. The van der Waals surface area contributed by atoms with E-state index < -0.39 is 30.1 Å². The Morgan fingerprint density at radius 3 is 2.17 bits per heavy atom. The second-order valence-corrected chi connectivity index (χ2v) is 7.25. The lowest BCUT2D eigenvalue weighted by atomic mass is 9.72. The van der Waals surface area contributed by atoms with Crippen molar-refractivity contribution < 1.29 is 22.5 Å². The van der Waals surface area contributed by atoms with Crippen LogP contribution in [-0.2, 0) is 9.31 Å². The molecule has 1 saturated heterocycles. The predicted molar refractivity (Wildman–Crippen MR) is 85.8 cm³/mol. The van der Waals surface area contributed by atoms with Gasteiger partial charge in [0.25, 0.3) is 0 Å². The molecule has 23 heavy (non-hydrogen) atoms. The molecule has 0 spiro atoms. The third-order valence-electron chi connectivity index (χ3n) is 5.26. The van der Waals surface area contributed by atoms with Gasteiger partial charge in [-0.2, -0.15) is 13.2 Å². The number of halogens is 3. The first-order chi connectivity index (χ1) is 10.4. The summed E-state index contributed by atoms with van der Waals surface area (Å²) in [6.07, 6.45) is -1.38. The fourth-order valence-electron chi connectivity index (χ4n) is 3.04. The van der Waals surface area contributed by atoms with E-state index in [4.69, 9.17) is 9.31 Å². The van der Waals surface area contributed by atoms with Crippen molar-refractivity contribution >= 4 is 7.12 Å². The van der Waals surface area contributed by atoms with Gasteiger partial charge in [0.2, 0.25) is 0 Å². The molecule has 128 valence electrons. The summed E-state index contributed by atoms with van der Waals surface area (Å²) < 4.78 is 50.2. The molecule has 0 aromatic heterocycles. The molecule has 6 heteroatoms. The van der Waals surface area contributed by atoms with Gasteiger partial charge in [0, 0.05) is 5.57 Å². The van der Waals surface area contributed by atoms with Gasteiger partial charge in [0.15, 0.2) is 0 Å². The maximum Gasteiger partial charge on any atom is 0.494 e. The van der Waals surface area contributed by atoms with Crippen LogP contribution in [-0.4, -0.2) is 24.5 Å². The first kappa shape index (κ1) is 18.3. The molecule has 1 atom stereocenters. The van der Waals surface area contributed by atoms with Crippen LogP contribution < -0.4 is 0 Å². The van der Waals surface area contributed by atoms with Crippen LogP contribution in [0.5, 0.6) is 0 Å². The van der Waals surface area contributed by atoms with E-state index in [1.54, 1.807) is 0 Å². The van der Waals surface area contributed by atoms with Gasteiger partial charge in [-0.25, -0.2) is 0 Å². The van der Waals surface area contributed by atoms with E-state index in [1.807, 2.05) is 20.8 Å². The summed E-state index contributed by atoms with van der Waals surface area (Å²) in [7, 11) is -0.621. The molecule has 1 heterocycles. The minimum Gasteiger partial charge on any atom is -0.399 e. The van der Waals surface area contributed by atoms with Gasteiger partial charge >= 0.3 is 13.3 Å². The van der Waals surface area contributed by atoms with Gasteiger partial charge in [-0.15, -0.1) is 0 Å². The Bertz CT molecular complexity index is 561. The van der Waals surface area contributed by atoms with Crippen molar-refractivity contribution in [3.05, 3.63) is 35.3 Å². The van der Waals surface area contributed by atoms with E-state index in [-0.39, 0.29) is 12.3 Å². The Labute approximate surface area is 136 Å². The molecule has 0 radical (unpaired) electrons. The lowest BCUT2D eigenvalue weighted by Gasteiger charge is -2.39. The number of rotatable bonds is 3. The number of hydrogen-bond donors (Lipinski definition) is 0. The summed E-state index contributed by atoms with van der Waals surface area (Å²) in [5.41, 5.74) is -0.124. The highest BCUT2D eigenvalue weighted by Gasteiger charge is 2.56. The molecule has 1 aliphatic heterocycles. The summed E-state index contributed by atoms with van der Waals surface area (Å²) >= 11 is 0. The third kappa shape index (κ3) is 3.29. The minimum atomic E-state index is -4.26. The second-order valence-electron chi connectivity index (χ2n) is 7.25. The van der Waals surface area contributed by atoms with E-state index in [0.29, 0.717) is 11.9 Å². The highest BCUT2D eigenvalue weighted by molar-refractivity contribution is 6.56. The highest BCUT2D eigenvalue weighted by atomic mass is 19.4. The standard InChI is InChI=1S/C17H24BF3O2/c1-11(2)16(6)15(4,5)22-18(23-16)12(3)13-7-9-14(10-8-13)17(19,20)21/h7,9,11H,3,8,10H2,1-2,4-6H3. The summed E-state index contributed by atoms with van der Waals surface area (Å²) in [6, 6.07) is 0. The zero-order valence-corrected chi connectivity index (χ0v) is 14.4. The van der Waals surface area contributed by atoms with Crippen LogP contribution in [0.15, 0.2) is 35.3 Å². The molecule has 0 amide bonds. The van der Waals surface area contributed by atoms with E-state index in [9.17, 15) is 13.2 Å². The fourth-order valence-corrected chi connectivity index (χ4v) is 3.04. The Morgan fingerprint density at radius 1 is 1.17 bits per heavy atom. The molecular weight excluding hydrogens is 304 g/mol. The molecular formula is C17H24BF3O2. The van der Waals surface area contributed by atoms with Gasteiger partial charge in [-0.3, -0.25) is 0 Å². The topological polar surface area (TPSA) is 18.5 Å². The molecule has 1 fully saturated rings. The quantitative estimate of drug-likeness (QED) is 0.677. The second kappa shape index (κ2) is 5.81. The van der Waals surface area contributed by atoms with Gasteiger partial charge in [-0.1, -0.05) is 32.6 Å². The summed E-state index contributed by atoms with van der Waals surface area (Å²) in [5, 5.41) is 0. The largest absolute Gasteiger partial charge is 0.494 e. The van der Waals surface area contributed by atoms with Crippen LogP contribution in [0.1, 0.15) is 47.5 Å². The van der Waals surface area contributed by atoms with Gasteiger partial charge in [-0.05, 0) is 50.6 Å². The van der Waals surface area contributed by atoms with Crippen LogP contribution in [0.4, 0.5) is 13.2 Å². The molecule has 0 saturated carbocycles. The predicted octanol–water partition coefficient (Wildman–Crippen LogP) is 5.02. The van der Waals surface area contributed by atoms with Gasteiger partial charge in [0.1, 0.15) is 0 Å². The smallest absolute Gasteiger partial charge is 0.399 e. The Morgan fingerprint density at radius 2 is 1.78 bits per heavy atom. The molecule has 0 aromatic carbocycles. The zero-order valence-electron chi connectivity index (χ0n) is 14.4. The van der Waals surface area contributed by atoms with Crippen LogP contribution >= 0.6 is 0 Å². The molecule has 2 rings (SSSR count). The lowest BCUT2D eigenvalue weighted by Crippen LogP contribution is -2.48. The zero-order chi connectivity index (χ0) is 17.6. The first-order valence-electron chi connectivity index (χ1n) is 7.90. The van der Waals surface area contributed by atoms with E-state index in [1.165, 1.54) is 6.08 Å². The fraction of sp³-hybridized carbons (Fsp3) is 0.647. The average molecular weight is 328 g/mol. The normalized spacial score (nSPS) is 28.0. The first-order valence-corrected chi connectivity index (χ1v) is 7.90. The van der Waals surface area contributed by atoms with Gasteiger partial charge in [0.05, 0.1) is 11.2 Å². The molecule has 2 nitrogen and oxygen atoms in total. The van der Waals surface area contributed by atoms with Crippen molar-refractivity contribution in [3.63, 3.8) is 0 Å².